The first-order valence-corrected chi connectivity index (χ1v) is 9.99. The molecule has 0 atom stereocenters. The number of methoxy groups -OCH3 is 1. The largest absolute Gasteiger partial charge is 0.493 e. The molecule has 4 aromatic rings. The third-order valence-electron chi connectivity index (χ3n) is 4.42. The van der Waals surface area contributed by atoms with E-state index in [-0.39, 0.29) is 11.7 Å². The van der Waals surface area contributed by atoms with E-state index in [1.54, 1.807) is 7.11 Å². The van der Waals surface area contributed by atoms with Gasteiger partial charge in [-0.05, 0) is 36.8 Å². The number of ether oxygens (including phenoxy) is 1. The first-order chi connectivity index (χ1) is 14.0. The lowest BCUT2D eigenvalue weighted by atomic mass is 10.2. The van der Waals surface area contributed by atoms with Gasteiger partial charge < -0.3 is 19.0 Å². The predicted molar refractivity (Wildman–Crippen MR) is 113 cm³/mol. The van der Waals surface area contributed by atoms with E-state index in [2.05, 4.69) is 15.5 Å². The molecular weight excluding hydrogens is 388 g/mol. The van der Waals surface area contributed by atoms with E-state index in [0.717, 1.165) is 16.6 Å². The number of nitrogens with zero attached hydrogens (tertiary/aromatic N) is 3. The van der Waals surface area contributed by atoms with Crippen molar-refractivity contribution in [2.24, 2.45) is 7.05 Å². The van der Waals surface area contributed by atoms with Gasteiger partial charge in [0.05, 0.1) is 12.9 Å². The first kappa shape index (κ1) is 19.1. The van der Waals surface area contributed by atoms with Crippen LogP contribution in [0, 0.1) is 6.92 Å². The Morgan fingerprint density at radius 1 is 1.21 bits per heavy atom. The van der Waals surface area contributed by atoms with Crippen molar-refractivity contribution in [2.45, 2.75) is 12.1 Å². The molecule has 1 amide bonds. The average Bonchev–Trinajstić information content (AvgIpc) is 3.29. The maximum Gasteiger partial charge on any atom is 0.234 e. The summed E-state index contributed by atoms with van der Waals surface area (Å²) in [6.07, 6.45) is 0. The quantitative estimate of drug-likeness (QED) is 0.480. The number of thioether (sulfide) groups is 1. The van der Waals surface area contributed by atoms with Crippen molar-refractivity contribution in [1.29, 1.82) is 0 Å². The number of aromatic nitrogens is 3. The van der Waals surface area contributed by atoms with Gasteiger partial charge in [-0.3, -0.25) is 4.79 Å². The Bertz CT molecular complexity index is 1180. The number of hydrogen-bond donors (Lipinski definition) is 1. The van der Waals surface area contributed by atoms with Crippen molar-refractivity contribution in [3.05, 3.63) is 54.1 Å². The molecular formula is C21H20N4O3S. The fourth-order valence-electron chi connectivity index (χ4n) is 3.01. The molecule has 0 aliphatic carbocycles. The number of carbonyl (C=O) groups is 1. The van der Waals surface area contributed by atoms with Crippen LogP contribution in [0.5, 0.6) is 5.75 Å². The molecule has 29 heavy (non-hydrogen) atoms. The van der Waals surface area contributed by atoms with Crippen LogP contribution in [0.1, 0.15) is 5.56 Å². The highest BCUT2D eigenvalue weighted by Gasteiger charge is 2.17. The van der Waals surface area contributed by atoms with Gasteiger partial charge in [0.2, 0.25) is 5.91 Å². The topological polar surface area (TPSA) is 82.2 Å². The Balaban J connectivity index is 1.48. The second-order valence-corrected chi connectivity index (χ2v) is 7.50. The lowest BCUT2D eigenvalue weighted by Crippen LogP contribution is -2.14. The summed E-state index contributed by atoms with van der Waals surface area (Å²) in [5, 5.41) is 12.9. The summed E-state index contributed by atoms with van der Waals surface area (Å²) >= 11 is 1.32. The summed E-state index contributed by atoms with van der Waals surface area (Å²) in [6, 6.07) is 15.3. The van der Waals surface area contributed by atoms with Gasteiger partial charge in [0.1, 0.15) is 0 Å². The van der Waals surface area contributed by atoms with E-state index < -0.39 is 0 Å². The van der Waals surface area contributed by atoms with Gasteiger partial charge in [0.15, 0.2) is 28.1 Å². The molecule has 2 heterocycles. The third kappa shape index (κ3) is 3.97. The number of carbonyl (C=O) groups excluding carboxylic acids is 1. The van der Waals surface area contributed by atoms with E-state index in [9.17, 15) is 4.79 Å². The van der Waals surface area contributed by atoms with Crippen LogP contribution in [0.4, 0.5) is 5.69 Å². The lowest BCUT2D eigenvalue weighted by molar-refractivity contribution is -0.113. The monoisotopic (exact) mass is 408 g/mol. The lowest BCUT2D eigenvalue weighted by Gasteiger charge is -2.06. The average molecular weight is 408 g/mol. The molecule has 8 heteroatoms. The van der Waals surface area contributed by atoms with Gasteiger partial charge in [-0.15, -0.1) is 10.2 Å². The zero-order chi connectivity index (χ0) is 20.4. The SMILES string of the molecule is COc1cccc2cc(-c3nnc(SCC(=O)Nc4cccc(C)c4)n3C)oc12. The Morgan fingerprint density at radius 3 is 2.83 bits per heavy atom. The van der Waals surface area contributed by atoms with Crippen molar-refractivity contribution in [2.75, 3.05) is 18.2 Å². The zero-order valence-electron chi connectivity index (χ0n) is 16.3. The van der Waals surface area contributed by atoms with Crippen molar-refractivity contribution < 1.29 is 13.9 Å². The summed E-state index contributed by atoms with van der Waals surface area (Å²) in [4.78, 5) is 12.3. The van der Waals surface area contributed by atoms with Crippen molar-refractivity contribution in [3.63, 3.8) is 0 Å². The van der Waals surface area contributed by atoms with Gasteiger partial charge in [0, 0.05) is 18.1 Å². The fourth-order valence-corrected chi connectivity index (χ4v) is 3.72. The van der Waals surface area contributed by atoms with E-state index in [1.807, 2.05) is 67.1 Å². The van der Waals surface area contributed by atoms with Crippen LogP contribution >= 0.6 is 11.8 Å². The van der Waals surface area contributed by atoms with E-state index in [1.165, 1.54) is 11.8 Å². The van der Waals surface area contributed by atoms with Crippen LogP contribution in [0.2, 0.25) is 0 Å². The first-order valence-electron chi connectivity index (χ1n) is 9.01. The number of para-hydroxylation sites is 1. The summed E-state index contributed by atoms with van der Waals surface area (Å²) < 4.78 is 13.1. The number of anilines is 1. The Morgan fingerprint density at radius 2 is 2.03 bits per heavy atom. The highest BCUT2D eigenvalue weighted by Crippen LogP contribution is 2.33. The molecule has 148 valence electrons. The molecule has 0 spiro atoms. The van der Waals surface area contributed by atoms with Crippen LogP contribution in [-0.2, 0) is 11.8 Å². The maximum atomic E-state index is 12.3. The van der Waals surface area contributed by atoms with Crippen molar-refractivity contribution >= 4 is 34.3 Å². The normalized spacial score (nSPS) is 11.0. The molecule has 0 aliphatic rings. The highest BCUT2D eigenvalue weighted by molar-refractivity contribution is 7.99. The molecule has 0 fully saturated rings. The van der Waals surface area contributed by atoms with Gasteiger partial charge in [0.25, 0.3) is 0 Å². The molecule has 4 rings (SSSR count). The highest BCUT2D eigenvalue weighted by atomic mass is 32.2. The van der Waals surface area contributed by atoms with E-state index in [4.69, 9.17) is 9.15 Å². The molecule has 0 saturated heterocycles. The number of benzene rings is 2. The summed E-state index contributed by atoms with van der Waals surface area (Å²) in [5.41, 5.74) is 2.54. The smallest absolute Gasteiger partial charge is 0.234 e. The molecule has 2 aromatic carbocycles. The summed E-state index contributed by atoms with van der Waals surface area (Å²) in [7, 11) is 3.45. The minimum Gasteiger partial charge on any atom is -0.493 e. The van der Waals surface area contributed by atoms with Gasteiger partial charge in [-0.1, -0.05) is 36.0 Å². The number of hydrogen-bond acceptors (Lipinski definition) is 6. The number of nitrogens with one attached hydrogen (secondary N) is 1. The van der Waals surface area contributed by atoms with Crippen LogP contribution < -0.4 is 10.1 Å². The van der Waals surface area contributed by atoms with Crippen LogP contribution in [0.15, 0.2) is 58.1 Å². The zero-order valence-corrected chi connectivity index (χ0v) is 17.1. The molecule has 1 N–H and O–H groups in total. The molecule has 0 saturated carbocycles. The summed E-state index contributed by atoms with van der Waals surface area (Å²) in [6.45, 7) is 1.99. The van der Waals surface area contributed by atoms with Crippen LogP contribution in [-0.4, -0.2) is 33.5 Å². The maximum absolute atomic E-state index is 12.3. The number of aryl methyl sites for hydroxylation is 1. The predicted octanol–water partition coefficient (Wildman–Crippen LogP) is 4.28. The summed E-state index contributed by atoms with van der Waals surface area (Å²) in [5.74, 6) is 1.98. The minimum atomic E-state index is -0.0985. The molecule has 7 nitrogen and oxygen atoms in total. The van der Waals surface area contributed by atoms with Crippen LogP contribution in [0.25, 0.3) is 22.6 Å². The van der Waals surface area contributed by atoms with Crippen LogP contribution in [0.3, 0.4) is 0 Å². The van der Waals surface area contributed by atoms with E-state index in [0.29, 0.717) is 28.1 Å². The van der Waals surface area contributed by atoms with Crippen molar-refractivity contribution in [3.8, 4) is 17.3 Å². The van der Waals surface area contributed by atoms with Gasteiger partial charge in [-0.2, -0.15) is 0 Å². The second-order valence-electron chi connectivity index (χ2n) is 6.56. The fraction of sp³-hybridized carbons (Fsp3) is 0.190. The third-order valence-corrected chi connectivity index (χ3v) is 5.44. The van der Waals surface area contributed by atoms with Gasteiger partial charge in [-0.25, -0.2) is 0 Å². The van der Waals surface area contributed by atoms with E-state index >= 15 is 0 Å². The Labute approximate surface area is 172 Å². The number of fused-ring (bicyclic) bond motifs is 1. The standard InChI is InChI=1S/C21H20N4O3S/c1-13-6-4-8-15(10-13)22-18(26)12-29-21-24-23-20(25(21)2)17-11-14-7-5-9-16(27-3)19(14)28-17/h4-11H,12H2,1-3H3,(H,22,26). The van der Waals surface area contributed by atoms with Gasteiger partial charge >= 0.3 is 0 Å². The minimum absolute atomic E-state index is 0.0985. The second kappa shape index (κ2) is 8.00. The molecule has 0 unspecified atom stereocenters. The number of furan rings is 1. The number of amides is 1. The Kier molecular flexibility index (Phi) is 5.26. The molecule has 0 radical (unpaired) electrons. The Hall–Kier alpha value is -3.26. The van der Waals surface area contributed by atoms with Crippen molar-refractivity contribution in [1.82, 2.24) is 14.8 Å². The molecule has 2 aromatic heterocycles. The molecule has 0 aliphatic heterocycles. The molecule has 0 bridgehead atoms. The number of rotatable bonds is 6.